The standard InChI is InChI=1S/C17H21N3.C15H17BrN2O.C4H8O.2C2H6/c1-4-6-13(2)8-10-19-17-14(3)11-15(12-20-17)16-7-5-9-18-16;1-4-6-11(14(5-2)19-3)13-9-18-15-12(13)7-10(16)8-17-15;1-3-4-5-2;2*1-2/h5-12,18H,4H2,1-3H3,(H,19,20);5-9H,4H2,1-3H3,(H,17,18);3-4H,1-2H3;2*1-2H3/b10-8+,13-6+;11-6-,14-5+;4-3+;;. The minimum atomic E-state index is 0.878. The molecule has 0 aromatic carbocycles. The van der Waals surface area contributed by atoms with E-state index in [-0.39, 0.29) is 0 Å². The predicted octanol–water partition coefficient (Wildman–Crippen LogP) is 12.6. The van der Waals surface area contributed by atoms with Gasteiger partial charge in [-0.25, -0.2) is 9.97 Å². The first kappa shape index (κ1) is 43.7. The molecule has 0 spiro atoms. The van der Waals surface area contributed by atoms with Crippen LogP contribution in [0.1, 0.15) is 86.3 Å². The van der Waals surface area contributed by atoms with Crippen LogP contribution in [0.15, 0.2) is 108 Å². The van der Waals surface area contributed by atoms with E-state index in [1.807, 2.05) is 90.6 Å². The normalized spacial score (nSPS) is 11.4. The molecule has 0 saturated carbocycles. The van der Waals surface area contributed by atoms with Gasteiger partial charge in [-0.15, -0.1) is 0 Å². The Bertz CT molecular complexity index is 1580. The van der Waals surface area contributed by atoms with Gasteiger partial charge >= 0.3 is 0 Å². The Kier molecular flexibility index (Phi) is 24.3. The predicted molar refractivity (Wildman–Crippen MR) is 213 cm³/mol. The molecular formula is C40H58BrN5O2. The van der Waals surface area contributed by atoms with Crippen LogP contribution in [-0.2, 0) is 9.47 Å². The van der Waals surface area contributed by atoms with Gasteiger partial charge in [-0.2, -0.15) is 0 Å². The van der Waals surface area contributed by atoms with Gasteiger partial charge in [-0.1, -0.05) is 65.3 Å². The topological polar surface area (TPSA) is 87.8 Å². The number of fused-ring (bicyclic) bond motifs is 1. The van der Waals surface area contributed by atoms with Crippen molar-refractivity contribution in [1.82, 2.24) is 19.9 Å². The Labute approximate surface area is 298 Å². The number of rotatable bonds is 10. The van der Waals surface area contributed by atoms with E-state index in [2.05, 4.69) is 104 Å². The molecule has 0 fully saturated rings. The van der Waals surface area contributed by atoms with Crippen molar-refractivity contribution in [2.24, 2.45) is 0 Å². The number of hydrogen-bond acceptors (Lipinski definition) is 5. The lowest BCUT2D eigenvalue weighted by molar-refractivity contribution is 0.310. The summed E-state index contributed by atoms with van der Waals surface area (Å²) in [6, 6.07) is 8.23. The average molecular weight is 721 g/mol. The summed E-state index contributed by atoms with van der Waals surface area (Å²) in [5.41, 5.74) is 7.65. The highest BCUT2D eigenvalue weighted by molar-refractivity contribution is 9.10. The van der Waals surface area contributed by atoms with Crippen LogP contribution < -0.4 is 5.32 Å². The van der Waals surface area contributed by atoms with Gasteiger partial charge in [0.25, 0.3) is 0 Å². The number of allylic oxidation sites excluding steroid dienone is 7. The van der Waals surface area contributed by atoms with Crippen LogP contribution in [0.3, 0.4) is 0 Å². The quantitative estimate of drug-likeness (QED) is 0.112. The highest BCUT2D eigenvalue weighted by atomic mass is 79.9. The van der Waals surface area contributed by atoms with Crippen molar-refractivity contribution in [1.29, 1.82) is 0 Å². The van der Waals surface area contributed by atoms with Crippen molar-refractivity contribution in [3.8, 4) is 11.3 Å². The molecule has 0 radical (unpaired) electrons. The molecule has 0 saturated heterocycles. The summed E-state index contributed by atoms with van der Waals surface area (Å²) >= 11 is 3.47. The van der Waals surface area contributed by atoms with E-state index in [1.165, 1.54) is 5.57 Å². The van der Waals surface area contributed by atoms with E-state index in [1.54, 1.807) is 26.7 Å². The van der Waals surface area contributed by atoms with E-state index >= 15 is 0 Å². The fourth-order valence-electron chi connectivity index (χ4n) is 4.29. The van der Waals surface area contributed by atoms with E-state index < -0.39 is 0 Å². The number of hydrogen-bond donors (Lipinski definition) is 3. The Morgan fingerprint density at radius 3 is 2.21 bits per heavy atom. The maximum absolute atomic E-state index is 5.46. The summed E-state index contributed by atoms with van der Waals surface area (Å²) in [5.74, 6) is 1.77. The smallest absolute Gasteiger partial charge is 0.137 e. The first-order valence-electron chi connectivity index (χ1n) is 16.7. The van der Waals surface area contributed by atoms with E-state index in [9.17, 15) is 0 Å². The lowest BCUT2D eigenvalue weighted by Crippen LogP contribution is -1.95. The van der Waals surface area contributed by atoms with Crippen LogP contribution in [-0.4, -0.2) is 34.2 Å². The van der Waals surface area contributed by atoms with E-state index in [0.29, 0.717) is 0 Å². The number of anilines is 1. The third-order valence-corrected chi connectivity index (χ3v) is 6.73. The third kappa shape index (κ3) is 15.1. The summed E-state index contributed by atoms with van der Waals surface area (Å²) in [5, 5.41) is 4.32. The van der Waals surface area contributed by atoms with E-state index in [4.69, 9.17) is 4.74 Å². The van der Waals surface area contributed by atoms with Gasteiger partial charge in [0, 0.05) is 63.2 Å². The summed E-state index contributed by atoms with van der Waals surface area (Å²) in [6.45, 7) is 20.3. The molecule has 0 unspecified atom stereocenters. The van der Waals surface area contributed by atoms with Gasteiger partial charge in [0.15, 0.2) is 0 Å². The number of nitrogens with zero attached hydrogens (tertiary/aromatic N) is 2. The second-order valence-electron chi connectivity index (χ2n) is 9.65. The third-order valence-electron chi connectivity index (χ3n) is 6.30. The molecule has 48 heavy (non-hydrogen) atoms. The molecule has 0 aliphatic carbocycles. The molecule has 4 rings (SSSR count). The Morgan fingerprint density at radius 1 is 0.979 bits per heavy atom. The van der Waals surface area contributed by atoms with Gasteiger partial charge < -0.3 is 24.8 Å². The first-order chi connectivity index (χ1) is 23.3. The average Bonchev–Trinajstić information content (AvgIpc) is 3.79. The van der Waals surface area contributed by atoms with Crippen molar-refractivity contribution in [2.45, 2.75) is 82.1 Å². The highest BCUT2D eigenvalue weighted by Crippen LogP contribution is 2.31. The van der Waals surface area contributed by atoms with Crippen molar-refractivity contribution >= 4 is 38.4 Å². The first-order valence-corrected chi connectivity index (χ1v) is 17.5. The maximum Gasteiger partial charge on any atom is 0.137 e. The molecule has 7 nitrogen and oxygen atoms in total. The number of H-pyrrole nitrogens is 2. The number of methoxy groups -OCH3 is 2. The van der Waals surface area contributed by atoms with Crippen molar-refractivity contribution < 1.29 is 9.47 Å². The number of pyridine rings is 2. The monoisotopic (exact) mass is 719 g/mol. The zero-order chi connectivity index (χ0) is 36.3. The highest BCUT2D eigenvalue weighted by Gasteiger charge is 2.13. The number of ether oxygens (including phenoxy) is 2. The Hall–Kier alpha value is -4.30. The summed E-state index contributed by atoms with van der Waals surface area (Å²) in [4.78, 5) is 15.2. The molecule has 4 heterocycles. The zero-order valence-corrected chi connectivity index (χ0v) is 32.7. The lowest BCUT2D eigenvalue weighted by Gasteiger charge is -2.10. The molecule has 8 heteroatoms. The lowest BCUT2D eigenvalue weighted by atomic mass is 10.0. The maximum atomic E-state index is 5.46. The minimum Gasteiger partial charge on any atom is -0.505 e. The minimum absolute atomic E-state index is 0.878. The zero-order valence-electron chi connectivity index (χ0n) is 31.2. The molecule has 0 aliphatic rings. The fraction of sp³-hybridized carbons (Fsp3) is 0.350. The molecule has 0 atom stereocenters. The number of aryl methyl sites for hydroxylation is 1. The van der Waals surface area contributed by atoms with Crippen LogP contribution in [0.2, 0.25) is 0 Å². The summed E-state index contributed by atoms with van der Waals surface area (Å²) in [7, 11) is 3.32. The van der Waals surface area contributed by atoms with Gasteiger partial charge in [-0.3, -0.25) is 0 Å². The van der Waals surface area contributed by atoms with Crippen LogP contribution in [0, 0.1) is 6.92 Å². The molecular weight excluding hydrogens is 662 g/mol. The second-order valence-corrected chi connectivity index (χ2v) is 10.6. The van der Waals surface area contributed by atoms with Gasteiger partial charge in [0.1, 0.15) is 17.2 Å². The van der Waals surface area contributed by atoms with Crippen molar-refractivity contribution in [3.05, 3.63) is 119 Å². The van der Waals surface area contributed by atoms with Gasteiger partial charge in [-0.05, 0) is 98.4 Å². The largest absolute Gasteiger partial charge is 0.505 e. The second kappa shape index (κ2) is 26.7. The van der Waals surface area contributed by atoms with Crippen LogP contribution in [0.5, 0.6) is 0 Å². The molecule has 3 N–H and O–H groups in total. The SMILES string of the molecule is C/C=C(OC)\C(=C/CC)c1c[nH]c2ncc(Br)cc12.C/C=C/OC.CC.CC.CC/C=C(C)/C=C/Nc1ncc(-c2ccc[nH]2)cc1C. The number of nitrogens with one attached hydrogen (secondary N) is 3. The van der Waals surface area contributed by atoms with Crippen LogP contribution in [0.25, 0.3) is 27.9 Å². The van der Waals surface area contributed by atoms with Crippen molar-refractivity contribution in [3.63, 3.8) is 0 Å². The van der Waals surface area contributed by atoms with Gasteiger partial charge in [0.2, 0.25) is 0 Å². The number of halogens is 1. The van der Waals surface area contributed by atoms with Crippen LogP contribution >= 0.6 is 15.9 Å². The summed E-state index contributed by atoms with van der Waals surface area (Å²) in [6.07, 6.45) is 23.4. The van der Waals surface area contributed by atoms with Crippen molar-refractivity contribution in [2.75, 3.05) is 19.5 Å². The molecule has 0 bridgehead atoms. The van der Waals surface area contributed by atoms with E-state index in [0.717, 1.165) is 67.9 Å². The molecule has 4 aromatic rings. The fourth-order valence-corrected chi connectivity index (χ4v) is 4.62. The summed E-state index contributed by atoms with van der Waals surface area (Å²) < 4.78 is 10.9. The Balaban J connectivity index is 0.000000741. The number of aromatic amines is 2. The molecule has 0 aliphatic heterocycles. The van der Waals surface area contributed by atoms with Crippen LogP contribution in [0.4, 0.5) is 5.82 Å². The molecule has 4 aromatic heterocycles. The Morgan fingerprint density at radius 2 is 1.69 bits per heavy atom. The van der Waals surface area contributed by atoms with Gasteiger partial charge in [0.05, 0.1) is 20.5 Å². The number of aromatic nitrogens is 4. The molecule has 0 amide bonds. The molecule has 262 valence electrons.